The molecule has 2 nitrogen and oxygen atoms in total. The van der Waals surface area contributed by atoms with Gasteiger partial charge in [-0.3, -0.25) is 0 Å². The van der Waals surface area contributed by atoms with E-state index in [-0.39, 0.29) is 12.0 Å². The molecule has 0 bridgehead atoms. The van der Waals surface area contributed by atoms with Crippen LogP contribution >= 0.6 is 0 Å². The molecule has 1 aliphatic rings. The third kappa shape index (κ3) is 1.81. The molecule has 1 heterocycles. The van der Waals surface area contributed by atoms with E-state index in [1.807, 2.05) is 6.92 Å². The number of hydrogen-bond donors (Lipinski definition) is 1. The second kappa shape index (κ2) is 3.48. The largest absolute Gasteiger partial charge is 0.492 e. The summed E-state index contributed by atoms with van der Waals surface area (Å²) in [6.45, 7) is 9.99. The van der Waals surface area contributed by atoms with Crippen molar-refractivity contribution >= 4 is 0 Å². The van der Waals surface area contributed by atoms with Crippen LogP contribution < -0.4 is 0 Å². The Morgan fingerprint density at radius 1 is 1.58 bits per heavy atom. The molecule has 3 atom stereocenters. The average molecular weight is 170 g/mol. The van der Waals surface area contributed by atoms with Crippen molar-refractivity contribution in [2.75, 3.05) is 0 Å². The highest BCUT2D eigenvalue weighted by molar-refractivity contribution is 5.03. The fourth-order valence-corrected chi connectivity index (χ4v) is 1.60. The second-order valence-corrected chi connectivity index (χ2v) is 4.06. The Morgan fingerprint density at radius 3 is 2.50 bits per heavy atom. The summed E-state index contributed by atoms with van der Waals surface area (Å²) in [5.41, 5.74) is 0. The van der Waals surface area contributed by atoms with Crippen LogP contribution in [-0.4, -0.2) is 17.3 Å². The molecule has 1 saturated heterocycles. The highest BCUT2D eigenvalue weighted by atomic mass is 16.5. The number of aliphatic hydroxyl groups is 1. The zero-order valence-electron chi connectivity index (χ0n) is 8.08. The van der Waals surface area contributed by atoms with E-state index in [0.29, 0.717) is 11.7 Å². The van der Waals surface area contributed by atoms with Crippen molar-refractivity contribution < 1.29 is 9.84 Å². The third-order valence-corrected chi connectivity index (χ3v) is 2.42. The quantitative estimate of drug-likeness (QED) is 0.686. The van der Waals surface area contributed by atoms with Gasteiger partial charge in [0.2, 0.25) is 0 Å². The Bertz CT molecular complexity index is 175. The summed E-state index contributed by atoms with van der Waals surface area (Å²) >= 11 is 0. The Morgan fingerprint density at radius 2 is 2.17 bits per heavy atom. The summed E-state index contributed by atoms with van der Waals surface area (Å²) in [6.07, 6.45) is 0.693. The molecule has 0 aliphatic carbocycles. The van der Waals surface area contributed by atoms with Gasteiger partial charge in [0.1, 0.15) is 18.0 Å². The predicted octanol–water partition coefficient (Wildman–Crippen LogP) is 1.94. The molecule has 1 aliphatic heterocycles. The monoisotopic (exact) mass is 170 g/mol. The first kappa shape index (κ1) is 9.59. The standard InChI is InChI=1S/C10H18O2/c1-6(2)5-9-7(3)10(11)8(4)12-9/h6-7,9-11H,4-5H2,1-3H3/t7-,9-,10+/m0/s1. The van der Waals surface area contributed by atoms with Gasteiger partial charge >= 0.3 is 0 Å². The van der Waals surface area contributed by atoms with Gasteiger partial charge in [-0.25, -0.2) is 0 Å². The van der Waals surface area contributed by atoms with Crippen LogP contribution in [0.15, 0.2) is 12.3 Å². The highest BCUT2D eigenvalue weighted by Crippen LogP contribution is 2.31. The fourth-order valence-electron chi connectivity index (χ4n) is 1.60. The van der Waals surface area contributed by atoms with Crippen LogP contribution in [0.1, 0.15) is 27.2 Å². The smallest absolute Gasteiger partial charge is 0.118 e. The lowest BCUT2D eigenvalue weighted by Gasteiger charge is -2.16. The van der Waals surface area contributed by atoms with E-state index in [9.17, 15) is 5.11 Å². The first-order chi connectivity index (χ1) is 5.52. The zero-order valence-corrected chi connectivity index (χ0v) is 8.08. The van der Waals surface area contributed by atoms with Crippen LogP contribution in [0.2, 0.25) is 0 Å². The maximum absolute atomic E-state index is 9.52. The summed E-state index contributed by atoms with van der Waals surface area (Å²) in [4.78, 5) is 0. The summed E-state index contributed by atoms with van der Waals surface area (Å²) in [5.74, 6) is 1.34. The van der Waals surface area contributed by atoms with Crippen LogP contribution in [0.5, 0.6) is 0 Å². The molecule has 0 saturated carbocycles. The molecule has 0 aromatic carbocycles. The molecule has 0 amide bonds. The van der Waals surface area contributed by atoms with Gasteiger partial charge in [-0.15, -0.1) is 0 Å². The van der Waals surface area contributed by atoms with E-state index >= 15 is 0 Å². The van der Waals surface area contributed by atoms with E-state index in [0.717, 1.165) is 6.42 Å². The summed E-state index contributed by atoms with van der Waals surface area (Å²) in [7, 11) is 0. The number of hydrogen-bond acceptors (Lipinski definition) is 2. The van der Waals surface area contributed by atoms with Gasteiger partial charge < -0.3 is 9.84 Å². The lowest BCUT2D eigenvalue weighted by atomic mass is 9.94. The molecule has 12 heavy (non-hydrogen) atoms. The molecule has 1 rings (SSSR count). The predicted molar refractivity (Wildman–Crippen MR) is 48.6 cm³/mol. The summed E-state index contributed by atoms with van der Waals surface area (Å²) in [5, 5.41) is 9.52. The first-order valence-electron chi connectivity index (χ1n) is 4.56. The second-order valence-electron chi connectivity index (χ2n) is 4.06. The van der Waals surface area contributed by atoms with Crippen LogP contribution in [0, 0.1) is 11.8 Å². The van der Waals surface area contributed by atoms with Gasteiger partial charge in [-0.05, 0) is 12.3 Å². The minimum absolute atomic E-state index is 0.160. The Kier molecular flexibility index (Phi) is 2.78. The molecule has 0 spiro atoms. The van der Waals surface area contributed by atoms with Crippen molar-refractivity contribution in [3.05, 3.63) is 12.3 Å². The van der Waals surface area contributed by atoms with Crippen molar-refractivity contribution in [3.63, 3.8) is 0 Å². The molecular weight excluding hydrogens is 152 g/mol. The van der Waals surface area contributed by atoms with E-state index in [1.54, 1.807) is 0 Å². The maximum atomic E-state index is 9.52. The molecule has 1 fully saturated rings. The molecule has 0 aromatic heterocycles. The normalized spacial score (nSPS) is 35.8. The molecule has 0 unspecified atom stereocenters. The van der Waals surface area contributed by atoms with E-state index in [2.05, 4.69) is 20.4 Å². The van der Waals surface area contributed by atoms with Gasteiger partial charge in [0.05, 0.1) is 0 Å². The Labute approximate surface area is 74.2 Å². The van der Waals surface area contributed by atoms with E-state index in [4.69, 9.17) is 4.74 Å². The minimum Gasteiger partial charge on any atom is -0.492 e. The molecule has 1 N–H and O–H groups in total. The Balaban J connectivity index is 2.53. The maximum Gasteiger partial charge on any atom is 0.118 e. The topological polar surface area (TPSA) is 29.5 Å². The Hall–Kier alpha value is -0.500. The molecule has 70 valence electrons. The molecule has 0 aromatic rings. The lowest BCUT2D eigenvalue weighted by Crippen LogP contribution is -2.21. The van der Waals surface area contributed by atoms with Crippen molar-refractivity contribution in [1.82, 2.24) is 0 Å². The van der Waals surface area contributed by atoms with Gasteiger partial charge in [0.25, 0.3) is 0 Å². The van der Waals surface area contributed by atoms with Crippen LogP contribution in [0.25, 0.3) is 0 Å². The average Bonchev–Trinajstić information content (AvgIpc) is 2.17. The van der Waals surface area contributed by atoms with Gasteiger partial charge in [-0.2, -0.15) is 0 Å². The number of rotatable bonds is 2. The van der Waals surface area contributed by atoms with Crippen LogP contribution in [-0.2, 0) is 4.74 Å². The van der Waals surface area contributed by atoms with Crippen molar-refractivity contribution in [2.45, 2.75) is 39.4 Å². The third-order valence-electron chi connectivity index (χ3n) is 2.42. The zero-order chi connectivity index (χ0) is 9.30. The van der Waals surface area contributed by atoms with Crippen molar-refractivity contribution in [1.29, 1.82) is 0 Å². The number of aliphatic hydroxyl groups excluding tert-OH is 1. The summed E-state index contributed by atoms with van der Waals surface area (Å²) < 4.78 is 5.45. The van der Waals surface area contributed by atoms with Crippen LogP contribution in [0.3, 0.4) is 0 Å². The van der Waals surface area contributed by atoms with Crippen molar-refractivity contribution in [2.24, 2.45) is 11.8 Å². The van der Waals surface area contributed by atoms with Crippen molar-refractivity contribution in [3.8, 4) is 0 Å². The molecule has 2 heteroatoms. The van der Waals surface area contributed by atoms with Gasteiger partial charge in [0, 0.05) is 5.92 Å². The first-order valence-corrected chi connectivity index (χ1v) is 4.56. The van der Waals surface area contributed by atoms with Crippen LogP contribution in [0.4, 0.5) is 0 Å². The SMILES string of the molecule is C=C1O[C@@H](CC(C)C)[C@H](C)[C@H]1O. The van der Waals surface area contributed by atoms with Gasteiger partial charge in [0.15, 0.2) is 0 Å². The lowest BCUT2D eigenvalue weighted by molar-refractivity contribution is 0.111. The highest BCUT2D eigenvalue weighted by Gasteiger charge is 2.36. The van der Waals surface area contributed by atoms with Gasteiger partial charge in [-0.1, -0.05) is 27.4 Å². The number of ether oxygens (including phenoxy) is 1. The van der Waals surface area contributed by atoms with E-state index < -0.39 is 6.10 Å². The van der Waals surface area contributed by atoms with E-state index in [1.165, 1.54) is 0 Å². The fraction of sp³-hybridized carbons (Fsp3) is 0.800. The molecule has 0 radical (unpaired) electrons. The molecular formula is C10H18O2. The summed E-state index contributed by atoms with van der Waals surface area (Å²) in [6, 6.07) is 0. The minimum atomic E-state index is -0.464.